The Kier molecular flexibility index (Phi) is 5.80. The maximum Gasteiger partial charge on any atom is 0.256 e. The fourth-order valence-corrected chi connectivity index (χ4v) is 4.22. The van der Waals surface area contributed by atoms with Crippen LogP contribution in [0.2, 0.25) is 0 Å². The molecule has 0 unspecified atom stereocenters. The molecule has 3 aromatic rings. The number of likely N-dealkylation sites (tertiary alicyclic amines) is 1. The number of nitrogens with one attached hydrogen (secondary N) is 1. The van der Waals surface area contributed by atoms with Gasteiger partial charge in [0.2, 0.25) is 5.13 Å². The van der Waals surface area contributed by atoms with Crippen LogP contribution in [0.25, 0.3) is 0 Å². The summed E-state index contributed by atoms with van der Waals surface area (Å²) in [5.41, 5.74) is 1.10. The minimum Gasteiger partial charge on any atom is -0.357 e. The second-order valence-electron chi connectivity index (χ2n) is 6.99. The summed E-state index contributed by atoms with van der Waals surface area (Å²) >= 11 is 1.47. The van der Waals surface area contributed by atoms with Gasteiger partial charge in [0, 0.05) is 25.6 Å². The normalized spacial score (nSPS) is 14.8. The molecule has 1 aliphatic rings. The third kappa shape index (κ3) is 4.76. The van der Waals surface area contributed by atoms with E-state index in [1.165, 1.54) is 35.6 Å². The number of benzene rings is 2. The average Bonchev–Trinajstić information content (AvgIpc) is 3.17. The highest BCUT2D eigenvalue weighted by Crippen LogP contribution is 2.23. The maximum atomic E-state index is 13.8. The second-order valence-corrected chi connectivity index (χ2v) is 8.06. The first-order valence-electron chi connectivity index (χ1n) is 9.45. The molecule has 1 aliphatic heterocycles. The third-order valence-corrected chi connectivity index (χ3v) is 5.80. The van der Waals surface area contributed by atoms with Crippen LogP contribution >= 0.6 is 11.3 Å². The van der Waals surface area contributed by atoms with Gasteiger partial charge in [0.05, 0.1) is 5.56 Å². The molecule has 0 bridgehead atoms. The van der Waals surface area contributed by atoms with Crippen LogP contribution in [0.15, 0.2) is 48.5 Å². The van der Waals surface area contributed by atoms with Gasteiger partial charge in [-0.1, -0.05) is 35.6 Å². The summed E-state index contributed by atoms with van der Waals surface area (Å²) in [4.78, 5) is 14.2. The smallest absolute Gasteiger partial charge is 0.256 e. The van der Waals surface area contributed by atoms with Crippen LogP contribution in [0.5, 0.6) is 0 Å². The highest BCUT2D eigenvalue weighted by molar-refractivity contribution is 7.15. The first-order valence-corrected chi connectivity index (χ1v) is 10.3. The van der Waals surface area contributed by atoms with E-state index in [0.717, 1.165) is 28.5 Å². The van der Waals surface area contributed by atoms with Gasteiger partial charge in [-0.2, -0.15) is 0 Å². The maximum absolute atomic E-state index is 13.8. The molecule has 1 amide bonds. The molecule has 0 radical (unpaired) electrons. The average molecular weight is 414 g/mol. The van der Waals surface area contributed by atoms with Gasteiger partial charge < -0.3 is 10.2 Å². The van der Waals surface area contributed by atoms with Gasteiger partial charge >= 0.3 is 0 Å². The van der Waals surface area contributed by atoms with Gasteiger partial charge in [-0.05, 0) is 42.7 Å². The first-order chi connectivity index (χ1) is 14.1. The molecule has 1 saturated heterocycles. The van der Waals surface area contributed by atoms with E-state index >= 15 is 0 Å². The van der Waals surface area contributed by atoms with Crippen molar-refractivity contribution in [2.24, 2.45) is 0 Å². The highest BCUT2D eigenvalue weighted by atomic mass is 32.1. The summed E-state index contributed by atoms with van der Waals surface area (Å²) in [6.07, 6.45) is 2.12. The number of aromatic nitrogens is 2. The molecular formula is C21H20F2N4OS. The Morgan fingerprint density at radius 3 is 2.52 bits per heavy atom. The lowest BCUT2D eigenvalue weighted by molar-refractivity contribution is 0.0713. The highest BCUT2D eigenvalue weighted by Gasteiger charge is 2.25. The molecule has 1 N–H and O–H groups in total. The number of anilines is 1. The van der Waals surface area contributed by atoms with E-state index in [0.29, 0.717) is 19.5 Å². The van der Waals surface area contributed by atoms with Gasteiger partial charge in [0.15, 0.2) is 0 Å². The van der Waals surface area contributed by atoms with Crippen molar-refractivity contribution in [1.82, 2.24) is 15.1 Å². The Morgan fingerprint density at radius 2 is 1.79 bits per heavy atom. The van der Waals surface area contributed by atoms with E-state index in [4.69, 9.17) is 0 Å². The van der Waals surface area contributed by atoms with Crippen molar-refractivity contribution in [2.45, 2.75) is 25.3 Å². The zero-order chi connectivity index (χ0) is 20.2. The number of amides is 1. The molecule has 0 aliphatic carbocycles. The number of hydrogen-bond acceptors (Lipinski definition) is 5. The Balaban J connectivity index is 1.30. The number of nitrogens with zero attached hydrogens (tertiary/aromatic N) is 3. The number of carbonyl (C=O) groups excluding carboxylic acids is 1. The summed E-state index contributed by atoms with van der Waals surface area (Å²) in [7, 11) is 0. The van der Waals surface area contributed by atoms with Crippen LogP contribution in [0.1, 0.15) is 33.8 Å². The topological polar surface area (TPSA) is 58.1 Å². The largest absolute Gasteiger partial charge is 0.357 e. The summed E-state index contributed by atoms with van der Waals surface area (Å²) in [6, 6.07) is 12.6. The Morgan fingerprint density at radius 1 is 1.07 bits per heavy atom. The molecule has 0 spiro atoms. The predicted molar refractivity (Wildman–Crippen MR) is 108 cm³/mol. The van der Waals surface area contributed by atoms with Crippen LogP contribution in [0.4, 0.5) is 13.9 Å². The molecule has 4 rings (SSSR count). The molecule has 150 valence electrons. The van der Waals surface area contributed by atoms with Gasteiger partial charge in [-0.3, -0.25) is 4.79 Å². The van der Waals surface area contributed by atoms with Crippen LogP contribution in [-0.4, -0.2) is 40.1 Å². The Labute approximate surface area is 171 Å². The molecule has 8 heteroatoms. The van der Waals surface area contributed by atoms with Gasteiger partial charge in [0.25, 0.3) is 5.91 Å². The molecule has 0 atom stereocenters. The molecule has 2 heterocycles. The molecule has 1 fully saturated rings. The van der Waals surface area contributed by atoms with Crippen molar-refractivity contribution in [3.63, 3.8) is 0 Å². The zero-order valence-corrected chi connectivity index (χ0v) is 16.5. The van der Waals surface area contributed by atoms with Crippen molar-refractivity contribution >= 4 is 22.4 Å². The fraction of sp³-hybridized carbons (Fsp3) is 0.286. The summed E-state index contributed by atoms with van der Waals surface area (Å²) in [5, 5.41) is 13.4. The number of carbonyl (C=O) groups is 1. The molecular weight excluding hydrogens is 394 g/mol. The molecule has 1 aromatic heterocycles. The summed E-state index contributed by atoms with van der Waals surface area (Å²) in [6.45, 7) is 1.12. The van der Waals surface area contributed by atoms with Crippen LogP contribution < -0.4 is 5.32 Å². The number of rotatable bonds is 5. The molecule has 2 aromatic carbocycles. The molecule has 0 saturated carbocycles. The molecule has 5 nitrogen and oxygen atoms in total. The lowest BCUT2D eigenvalue weighted by Crippen LogP contribution is -2.42. The number of halogens is 2. The van der Waals surface area contributed by atoms with E-state index in [1.807, 2.05) is 0 Å². The van der Waals surface area contributed by atoms with Crippen LogP contribution in [-0.2, 0) is 6.42 Å². The van der Waals surface area contributed by atoms with E-state index in [9.17, 15) is 13.6 Å². The quantitative estimate of drug-likeness (QED) is 0.682. The summed E-state index contributed by atoms with van der Waals surface area (Å²) in [5.74, 6) is -1.01. The number of piperidine rings is 1. The van der Waals surface area contributed by atoms with E-state index < -0.39 is 5.82 Å². The Bertz CT molecular complexity index is 984. The van der Waals surface area contributed by atoms with Crippen LogP contribution in [0, 0.1) is 11.6 Å². The summed E-state index contributed by atoms with van der Waals surface area (Å²) < 4.78 is 26.9. The zero-order valence-electron chi connectivity index (χ0n) is 15.6. The van der Waals surface area contributed by atoms with Crippen molar-refractivity contribution in [2.75, 3.05) is 18.4 Å². The van der Waals surface area contributed by atoms with E-state index in [1.54, 1.807) is 29.2 Å². The third-order valence-electron chi connectivity index (χ3n) is 4.95. The SMILES string of the molecule is O=C(c1ccccc1F)N1CCC(Nc2nnc(Cc3ccc(F)cc3)s2)CC1. The minimum atomic E-state index is -0.486. The lowest BCUT2D eigenvalue weighted by Gasteiger charge is -2.32. The minimum absolute atomic E-state index is 0.119. The second kappa shape index (κ2) is 8.65. The van der Waals surface area contributed by atoms with Gasteiger partial charge in [-0.25, -0.2) is 8.78 Å². The van der Waals surface area contributed by atoms with Gasteiger partial charge in [-0.15, -0.1) is 10.2 Å². The predicted octanol–water partition coefficient (Wildman–Crippen LogP) is 4.12. The van der Waals surface area contributed by atoms with E-state index in [2.05, 4.69) is 15.5 Å². The molecule has 29 heavy (non-hydrogen) atoms. The van der Waals surface area contributed by atoms with Crippen LogP contribution in [0.3, 0.4) is 0 Å². The van der Waals surface area contributed by atoms with Crippen molar-refractivity contribution in [1.29, 1.82) is 0 Å². The Hall–Kier alpha value is -2.87. The monoisotopic (exact) mass is 414 g/mol. The van der Waals surface area contributed by atoms with Crippen molar-refractivity contribution in [3.8, 4) is 0 Å². The fourth-order valence-electron chi connectivity index (χ4n) is 3.37. The van der Waals surface area contributed by atoms with Crippen molar-refractivity contribution in [3.05, 3.63) is 76.3 Å². The standard InChI is InChI=1S/C21H20F2N4OS/c22-15-7-5-14(6-8-15)13-19-25-26-21(29-19)24-16-9-11-27(12-10-16)20(28)17-3-1-2-4-18(17)23/h1-8,16H,9-13H2,(H,24,26). The van der Waals surface area contributed by atoms with Crippen molar-refractivity contribution < 1.29 is 13.6 Å². The number of hydrogen-bond donors (Lipinski definition) is 1. The first kappa shape index (κ1) is 19.4. The lowest BCUT2D eigenvalue weighted by atomic mass is 10.0. The van der Waals surface area contributed by atoms with Gasteiger partial charge in [0.1, 0.15) is 16.6 Å². The van der Waals surface area contributed by atoms with E-state index in [-0.39, 0.29) is 23.3 Å².